The van der Waals surface area contributed by atoms with Crippen LogP contribution in [0.4, 0.5) is 5.69 Å². The molecule has 9 heteroatoms. The van der Waals surface area contributed by atoms with Crippen molar-refractivity contribution in [2.45, 2.75) is 5.79 Å². The molecule has 0 unspecified atom stereocenters. The van der Waals surface area contributed by atoms with Gasteiger partial charge in [-0.2, -0.15) is 5.10 Å². The molecule has 3 rings (SSSR count). The molecule has 0 aliphatic rings. The molecular weight excluding hydrogens is 328 g/mol. The highest BCUT2D eigenvalue weighted by Crippen LogP contribution is 2.33. The van der Waals surface area contributed by atoms with Gasteiger partial charge in [0.1, 0.15) is 17.1 Å². The molecule has 0 saturated carbocycles. The molecule has 128 valence electrons. The summed E-state index contributed by atoms with van der Waals surface area (Å²) < 4.78 is 5.24. The number of H-pyrrole nitrogens is 1. The van der Waals surface area contributed by atoms with E-state index in [0.717, 1.165) is 0 Å². The highest BCUT2D eigenvalue weighted by Gasteiger charge is 2.32. The smallest absolute Gasteiger partial charge is 0.270 e. The molecule has 0 spiro atoms. The predicted molar refractivity (Wildman–Crippen MR) is 86.7 cm³/mol. The molecule has 0 aliphatic carbocycles. The fourth-order valence-corrected chi connectivity index (χ4v) is 2.37. The van der Waals surface area contributed by atoms with Gasteiger partial charge in [0, 0.05) is 23.9 Å². The summed E-state index contributed by atoms with van der Waals surface area (Å²) in [6, 6.07) is 8.74. The first-order chi connectivity index (χ1) is 11.9. The number of ether oxygens (including phenoxy) is 1. The molecule has 9 nitrogen and oxygen atoms in total. The predicted octanol–water partition coefficient (Wildman–Crippen LogP) is 1.57. The van der Waals surface area contributed by atoms with Gasteiger partial charge in [-0.05, 0) is 12.1 Å². The van der Waals surface area contributed by atoms with Crippen LogP contribution in [-0.2, 0) is 5.79 Å². The van der Waals surface area contributed by atoms with E-state index in [-0.39, 0.29) is 22.6 Å². The number of rotatable bonds is 5. The van der Waals surface area contributed by atoms with Crippen LogP contribution >= 0.6 is 0 Å². The van der Waals surface area contributed by atoms with Gasteiger partial charge in [-0.1, -0.05) is 12.1 Å². The van der Waals surface area contributed by atoms with Crippen LogP contribution in [0.1, 0.15) is 11.3 Å². The van der Waals surface area contributed by atoms with E-state index in [9.17, 15) is 20.3 Å². The lowest BCUT2D eigenvalue weighted by Crippen LogP contribution is -2.27. The average molecular weight is 342 g/mol. The lowest BCUT2D eigenvalue weighted by Gasteiger charge is -2.21. The van der Waals surface area contributed by atoms with Gasteiger partial charge < -0.3 is 14.9 Å². The van der Waals surface area contributed by atoms with Crippen LogP contribution in [0.15, 0.2) is 48.8 Å². The zero-order valence-electron chi connectivity index (χ0n) is 13.1. The fraction of sp³-hybridized carbons (Fsp3) is 0.125. The van der Waals surface area contributed by atoms with Crippen LogP contribution in [0.2, 0.25) is 0 Å². The van der Waals surface area contributed by atoms with Crippen molar-refractivity contribution < 1.29 is 19.9 Å². The first-order valence-corrected chi connectivity index (χ1v) is 7.18. The van der Waals surface area contributed by atoms with Crippen molar-refractivity contribution in [3.8, 4) is 17.0 Å². The maximum absolute atomic E-state index is 11.0. The number of aromatic nitrogens is 3. The minimum atomic E-state index is -2.38. The minimum absolute atomic E-state index is 0.0730. The fourth-order valence-electron chi connectivity index (χ4n) is 2.37. The van der Waals surface area contributed by atoms with Crippen molar-refractivity contribution in [1.82, 2.24) is 15.2 Å². The first-order valence-electron chi connectivity index (χ1n) is 7.18. The van der Waals surface area contributed by atoms with Gasteiger partial charge in [0.15, 0.2) is 0 Å². The first kappa shape index (κ1) is 16.6. The summed E-state index contributed by atoms with van der Waals surface area (Å²) in [5.74, 6) is -2.04. The van der Waals surface area contributed by atoms with Crippen molar-refractivity contribution >= 4 is 5.69 Å². The Morgan fingerprint density at radius 3 is 2.72 bits per heavy atom. The number of nitrogens with zero attached hydrogens (tertiary/aromatic N) is 3. The van der Waals surface area contributed by atoms with E-state index in [1.54, 1.807) is 6.07 Å². The Morgan fingerprint density at radius 2 is 2.08 bits per heavy atom. The highest BCUT2D eigenvalue weighted by atomic mass is 16.6. The van der Waals surface area contributed by atoms with E-state index in [2.05, 4.69) is 15.2 Å². The third-order valence-electron chi connectivity index (χ3n) is 3.67. The number of nitro benzene ring substituents is 1. The molecule has 0 aliphatic heterocycles. The number of methoxy groups -OCH3 is 1. The monoisotopic (exact) mass is 342 g/mol. The number of nitro groups is 1. The SMILES string of the molecule is COc1ccc(C(O)(O)c2cn[nH]c2)nc1-c1cccc([N+](=O)[O-])c1. The zero-order valence-corrected chi connectivity index (χ0v) is 13.1. The van der Waals surface area contributed by atoms with Gasteiger partial charge in [0.2, 0.25) is 5.79 Å². The van der Waals surface area contributed by atoms with Crippen molar-refractivity contribution in [1.29, 1.82) is 0 Å². The lowest BCUT2D eigenvalue weighted by molar-refractivity contribution is -0.384. The Morgan fingerprint density at radius 1 is 1.28 bits per heavy atom. The van der Waals surface area contributed by atoms with E-state index in [4.69, 9.17) is 4.74 Å². The number of non-ortho nitro benzene ring substituents is 1. The largest absolute Gasteiger partial charge is 0.494 e. The summed E-state index contributed by atoms with van der Waals surface area (Å²) in [5, 5.41) is 38.0. The molecule has 3 N–H and O–H groups in total. The number of nitrogens with one attached hydrogen (secondary N) is 1. The van der Waals surface area contributed by atoms with E-state index in [1.807, 2.05) is 0 Å². The average Bonchev–Trinajstić information content (AvgIpc) is 3.16. The lowest BCUT2D eigenvalue weighted by atomic mass is 10.0. The standard InChI is InChI=1S/C16H14N4O5/c1-25-13-5-6-14(16(21,22)11-8-17-18-9-11)19-15(13)10-3-2-4-12(7-10)20(23)24/h2-9,21-22H,1H3,(H,17,18). The molecule has 0 atom stereocenters. The summed E-state index contributed by atoms with van der Waals surface area (Å²) in [4.78, 5) is 14.7. The van der Waals surface area contributed by atoms with Crippen LogP contribution in [0.5, 0.6) is 5.75 Å². The van der Waals surface area contributed by atoms with Gasteiger partial charge in [0.05, 0.1) is 23.8 Å². The quantitative estimate of drug-likeness (QED) is 0.364. The molecule has 0 bridgehead atoms. The summed E-state index contributed by atoms with van der Waals surface area (Å²) in [5.41, 5.74) is 0.586. The van der Waals surface area contributed by atoms with Crippen LogP contribution in [-0.4, -0.2) is 37.4 Å². The third-order valence-corrected chi connectivity index (χ3v) is 3.67. The van der Waals surface area contributed by atoms with Crippen molar-refractivity contribution in [2.75, 3.05) is 7.11 Å². The summed E-state index contributed by atoms with van der Waals surface area (Å²) >= 11 is 0. The number of aliphatic hydroxyl groups is 2. The van der Waals surface area contributed by atoms with Crippen LogP contribution in [0.25, 0.3) is 11.3 Å². The number of aromatic amines is 1. The molecule has 3 aromatic rings. The van der Waals surface area contributed by atoms with Crippen molar-refractivity contribution in [2.24, 2.45) is 0 Å². The Kier molecular flexibility index (Phi) is 4.17. The number of hydrogen-bond acceptors (Lipinski definition) is 7. The molecular formula is C16H14N4O5. The van der Waals surface area contributed by atoms with Gasteiger partial charge >= 0.3 is 0 Å². The van der Waals surface area contributed by atoms with Crippen molar-refractivity contribution in [3.63, 3.8) is 0 Å². The number of hydrogen-bond donors (Lipinski definition) is 3. The zero-order chi connectivity index (χ0) is 18.0. The number of pyridine rings is 1. The third kappa shape index (κ3) is 3.05. The topological polar surface area (TPSA) is 134 Å². The Hall–Kier alpha value is -3.30. The number of benzene rings is 1. The normalized spacial score (nSPS) is 11.3. The van der Waals surface area contributed by atoms with Gasteiger partial charge in [-0.25, -0.2) is 4.98 Å². The van der Waals surface area contributed by atoms with E-state index in [0.29, 0.717) is 11.3 Å². The summed E-state index contributed by atoms with van der Waals surface area (Å²) in [6.07, 6.45) is 2.60. The Balaban J connectivity index is 2.13. The maximum Gasteiger partial charge on any atom is 0.270 e. The van der Waals surface area contributed by atoms with Crippen LogP contribution < -0.4 is 4.74 Å². The van der Waals surface area contributed by atoms with Gasteiger partial charge in [-0.15, -0.1) is 0 Å². The Bertz CT molecular complexity index is 909. The highest BCUT2D eigenvalue weighted by molar-refractivity contribution is 5.69. The van der Waals surface area contributed by atoms with Gasteiger partial charge in [-0.3, -0.25) is 15.2 Å². The molecule has 0 fully saturated rings. The van der Waals surface area contributed by atoms with Crippen molar-refractivity contribution in [3.05, 3.63) is 70.2 Å². The second kappa shape index (κ2) is 6.30. The molecule has 0 radical (unpaired) electrons. The van der Waals surface area contributed by atoms with E-state index >= 15 is 0 Å². The van der Waals surface area contributed by atoms with E-state index < -0.39 is 10.7 Å². The molecule has 0 saturated heterocycles. The van der Waals surface area contributed by atoms with Crippen LogP contribution in [0, 0.1) is 10.1 Å². The summed E-state index contributed by atoms with van der Waals surface area (Å²) in [7, 11) is 1.43. The molecule has 2 aromatic heterocycles. The maximum atomic E-state index is 11.0. The van der Waals surface area contributed by atoms with Gasteiger partial charge in [0.25, 0.3) is 5.69 Å². The molecule has 25 heavy (non-hydrogen) atoms. The van der Waals surface area contributed by atoms with Crippen LogP contribution in [0.3, 0.4) is 0 Å². The minimum Gasteiger partial charge on any atom is -0.494 e. The molecule has 0 amide bonds. The summed E-state index contributed by atoms with van der Waals surface area (Å²) in [6.45, 7) is 0. The Labute approximate surface area is 141 Å². The molecule has 1 aromatic carbocycles. The van der Waals surface area contributed by atoms with E-state index in [1.165, 1.54) is 49.8 Å². The second-order valence-electron chi connectivity index (χ2n) is 5.21. The second-order valence-corrected chi connectivity index (χ2v) is 5.21. The molecule has 2 heterocycles.